The highest BCUT2D eigenvalue weighted by atomic mass is 19.1. The smallest absolute Gasteiger partial charge is 0.356 e. The van der Waals surface area contributed by atoms with Gasteiger partial charge in [-0.25, -0.2) is 9.78 Å². The third kappa shape index (κ3) is 17.4. The molecule has 1 aliphatic heterocycles. The third-order valence-electron chi connectivity index (χ3n) is 4.42. The van der Waals surface area contributed by atoms with E-state index < -0.39 is 5.97 Å². The summed E-state index contributed by atoms with van der Waals surface area (Å²) in [4.78, 5) is 26.6. The zero-order chi connectivity index (χ0) is 25.7. The number of aromatic nitrogens is 1. The van der Waals surface area contributed by atoms with E-state index in [9.17, 15) is 14.0 Å². The van der Waals surface area contributed by atoms with Crippen molar-refractivity contribution in [1.29, 1.82) is 0 Å². The van der Waals surface area contributed by atoms with E-state index in [1.54, 1.807) is 24.4 Å². The number of alkyl halides is 1. The minimum atomic E-state index is -0.402. The first-order chi connectivity index (χ1) is 15.7. The van der Waals surface area contributed by atoms with Gasteiger partial charge >= 0.3 is 5.97 Å². The number of halogens is 1. The highest BCUT2D eigenvalue weighted by Gasteiger charge is 2.20. The number of carbonyl (C=O) groups excluding carboxylic acids is 2. The summed E-state index contributed by atoms with van der Waals surface area (Å²) in [6.07, 6.45) is 13.6. The number of allylic oxidation sites excluding steroid dienone is 4. The van der Waals surface area contributed by atoms with Crippen molar-refractivity contribution in [1.82, 2.24) is 9.88 Å². The Morgan fingerprint density at radius 3 is 2.36 bits per heavy atom. The lowest BCUT2D eigenvalue weighted by Crippen LogP contribution is -2.24. The minimum Gasteiger partial charge on any atom is -0.464 e. The molecule has 0 N–H and O–H groups in total. The van der Waals surface area contributed by atoms with Crippen LogP contribution < -0.4 is 0 Å². The number of likely N-dealkylation sites (tertiary alicyclic amines) is 1. The summed E-state index contributed by atoms with van der Waals surface area (Å²) in [6, 6.07) is 5.83. The molecule has 0 aliphatic carbocycles. The number of rotatable bonds is 6. The van der Waals surface area contributed by atoms with Crippen molar-refractivity contribution in [2.24, 2.45) is 0 Å². The molecule has 1 saturated heterocycles. The molecule has 1 fully saturated rings. The fourth-order valence-electron chi connectivity index (χ4n) is 2.72. The Balaban J connectivity index is 0. The van der Waals surface area contributed by atoms with Gasteiger partial charge in [0.15, 0.2) is 0 Å². The van der Waals surface area contributed by atoms with Crippen molar-refractivity contribution in [2.45, 2.75) is 58.6 Å². The van der Waals surface area contributed by atoms with Crippen LogP contribution in [-0.4, -0.2) is 61.8 Å². The second-order valence-corrected chi connectivity index (χ2v) is 7.97. The van der Waals surface area contributed by atoms with Crippen molar-refractivity contribution < 1.29 is 23.5 Å². The second kappa shape index (κ2) is 19.9. The van der Waals surface area contributed by atoms with Gasteiger partial charge in [0.05, 0.1) is 14.3 Å². The average Bonchev–Trinajstić information content (AvgIpc) is 3.22. The van der Waals surface area contributed by atoms with E-state index >= 15 is 0 Å². The van der Waals surface area contributed by atoms with E-state index in [1.807, 2.05) is 32.9 Å². The minimum absolute atomic E-state index is 0.318. The van der Waals surface area contributed by atoms with Gasteiger partial charge in [0.1, 0.15) is 11.3 Å². The lowest BCUT2D eigenvalue weighted by atomic mass is 10.0. The van der Waals surface area contributed by atoms with E-state index in [-0.39, 0.29) is 5.60 Å². The van der Waals surface area contributed by atoms with Crippen LogP contribution in [0.2, 0.25) is 0 Å². The van der Waals surface area contributed by atoms with Crippen LogP contribution in [0.25, 0.3) is 0 Å². The van der Waals surface area contributed by atoms with E-state index in [0.29, 0.717) is 19.3 Å². The quantitative estimate of drug-likeness (QED) is 0.311. The van der Waals surface area contributed by atoms with Crippen molar-refractivity contribution >= 4 is 12.4 Å². The Morgan fingerprint density at radius 2 is 2.00 bits per heavy atom. The topological polar surface area (TPSA) is 68.7 Å². The van der Waals surface area contributed by atoms with Crippen LogP contribution in [0.1, 0.15) is 57.4 Å². The van der Waals surface area contributed by atoms with Crippen molar-refractivity contribution in [3.63, 3.8) is 0 Å². The van der Waals surface area contributed by atoms with E-state index in [0.717, 1.165) is 6.04 Å². The highest BCUT2D eigenvalue weighted by Crippen LogP contribution is 2.21. The Bertz CT molecular complexity index is 713. The molecule has 1 aromatic rings. The first kappa shape index (κ1) is 32.4. The molecule has 0 saturated carbocycles. The average molecular weight is 465 g/mol. The lowest BCUT2D eigenvalue weighted by molar-refractivity contribution is -0.138. The number of methoxy groups -OCH3 is 1. The number of carbonyl (C=O) groups is 2. The van der Waals surface area contributed by atoms with Crippen LogP contribution in [0.3, 0.4) is 0 Å². The van der Waals surface area contributed by atoms with Gasteiger partial charge in [0.2, 0.25) is 0 Å². The summed E-state index contributed by atoms with van der Waals surface area (Å²) in [5, 5.41) is 0. The van der Waals surface area contributed by atoms with Crippen molar-refractivity contribution in [2.75, 3.05) is 27.9 Å². The number of nitrogens with zero attached hydrogens (tertiary/aromatic N) is 2. The fraction of sp³-hybridized carbons (Fsp3) is 0.500. The van der Waals surface area contributed by atoms with Gasteiger partial charge in [-0.1, -0.05) is 42.5 Å². The first-order valence-corrected chi connectivity index (χ1v) is 10.8. The first-order valence-electron chi connectivity index (χ1n) is 10.8. The molecule has 7 heteroatoms. The van der Waals surface area contributed by atoms with Crippen LogP contribution in [0.4, 0.5) is 4.39 Å². The van der Waals surface area contributed by atoms with Crippen LogP contribution in [0, 0.1) is 0 Å². The van der Waals surface area contributed by atoms with Crippen LogP contribution in [0.5, 0.6) is 0 Å². The summed E-state index contributed by atoms with van der Waals surface area (Å²) >= 11 is 0. The molecule has 6 nitrogen and oxygen atoms in total. The lowest BCUT2D eigenvalue weighted by Gasteiger charge is -2.19. The second-order valence-electron chi connectivity index (χ2n) is 7.97. The molecular formula is C26H41FN2O4. The van der Waals surface area contributed by atoms with Crippen molar-refractivity contribution in [3.05, 3.63) is 66.5 Å². The summed E-state index contributed by atoms with van der Waals surface area (Å²) in [6.45, 7) is 13.0. The molecule has 1 aromatic heterocycles. The molecule has 2 heterocycles. The molecular weight excluding hydrogens is 423 g/mol. The van der Waals surface area contributed by atoms with E-state index in [1.165, 1.54) is 38.5 Å². The molecule has 33 heavy (non-hydrogen) atoms. The normalized spacial score (nSPS) is 15.6. The van der Waals surface area contributed by atoms with Gasteiger partial charge in [-0.2, -0.15) is 0 Å². The summed E-state index contributed by atoms with van der Waals surface area (Å²) in [5.74, 6) is -0.402. The summed E-state index contributed by atoms with van der Waals surface area (Å²) in [5.41, 5.74) is 1.44. The zero-order valence-electron chi connectivity index (χ0n) is 21.2. The maximum absolute atomic E-state index is 10.7. The standard InChI is InChI=1S/C13H21N.C7H7NO2.C5H10O2.CH3F/c1-4-6-8-12(5-2)11-13-9-7-10-14(13)3;1-10-7(9)6-4-2-3-5-8-6;1-5(2,3)7-4-6;1-2/h4-6,8,13H,1,7,9-11H2,2-3H3;2-5H,1H3;4H,1-3H3;1H3/b8-6-,12-5+;;;/t13-;;;/m0.../s1. The van der Waals surface area contributed by atoms with Crippen LogP contribution in [0.15, 0.2) is 60.9 Å². The molecule has 2 rings (SSSR count). The highest BCUT2D eigenvalue weighted by molar-refractivity contribution is 5.86. The summed E-state index contributed by atoms with van der Waals surface area (Å²) in [7, 11) is 4.05. The van der Waals surface area contributed by atoms with Crippen LogP contribution in [-0.2, 0) is 14.3 Å². The Labute approximate surface area is 199 Å². The molecule has 0 unspecified atom stereocenters. The predicted octanol–water partition coefficient (Wildman–Crippen LogP) is 5.57. The molecule has 0 bridgehead atoms. The molecule has 0 radical (unpaired) electrons. The Kier molecular flexibility index (Phi) is 19.5. The number of esters is 1. The molecule has 0 aromatic carbocycles. The third-order valence-corrected chi connectivity index (χ3v) is 4.42. The van der Waals surface area contributed by atoms with E-state index in [4.69, 9.17) is 0 Å². The van der Waals surface area contributed by atoms with Crippen molar-refractivity contribution in [3.8, 4) is 0 Å². The van der Waals surface area contributed by atoms with Gasteiger partial charge in [-0.05, 0) is 72.7 Å². The van der Waals surface area contributed by atoms with Gasteiger partial charge < -0.3 is 14.4 Å². The monoisotopic (exact) mass is 464 g/mol. The van der Waals surface area contributed by atoms with Gasteiger partial charge in [0, 0.05) is 12.2 Å². The Morgan fingerprint density at radius 1 is 1.33 bits per heavy atom. The molecule has 1 aliphatic rings. The largest absolute Gasteiger partial charge is 0.464 e. The molecule has 0 spiro atoms. The van der Waals surface area contributed by atoms with Gasteiger partial charge in [-0.15, -0.1) is 0 Å². The van der Waals surface area contributed by atoms with Crippen LogP contribution >= 0.6 is 0 Å². The zero-order valence-corrected chi connectivity index (χ0v) is 21.2. The van der Waals surface area contributed by atoms with Gasteiger partial charge in [-0.3, -0.25) is 9.18 Å². The molecule has 0 amide bonds. The number of pyridine rings is 1. The number of ether oxygens (including phenoxy) is 2. The molecule has 186 valence electrons. The molecule has 1 atom stereocenters. The summed E-state index contributed by atoms with van der Waals surface area (Å²) < 4.78 is 18.5. The van der Waals surface area contributed by atoms with Gasteiger partial charge in [0.25, 0.3) is 6.47 Å². The fourth-order valence-corrected chi connectivity index (χ4v) is 2.72. The maximum atomic E-state index is 10.7. The SMILES string of the molecule is C=C/C=C\C(=C/C)C[C@@H]1CCCN1C.CC(C)(C)OC=O.CF.COC(=O)c1ccccn1. The number of hydrogen-bond donors (Lipinski definition) is 0. The van der Waals surface area contributed by atoms with E-state index in [2.05, 4.69) is 52.1 Å². The number of hydrogen-bond acceptors (Lipinski definition) is 6. The Hall–Kier alpha value is -2.80. The maximum Gasteiger partial charge on any atom is 0.356 e. The predicted molar refractivity (Wildman–Crippen MR) is 133 cm³/mol.